The van der Waals surface area contributed by atoms with E-state index in [0.717, 1.165) is 19.4 Å². The Balaban J connectivity index is 2.25. The zero-order valence-electron chi connectivity index (χ0n) is 7.75. The topological polar surface area (TPSA) is 23.5 Å². The molecule has 1 aliphatic heterocycles. The van der Waals surface area contributed by atoms with Crippen molar-refractivity contribution in [2.24, 2.45) is 5.92 Å². The predicted octanol–water partition coefficient (Wildman–Crippen LogP) is 0.998. The number of hydrogen-bond acceptors (Lipinski definition) is 2. The molecule has 1 rings (SSSR count). The Hall–Kier alpha value is -0.220. The Labute approximate surface area is 77.5 Å². The zero-order valence-corrected chi connectivity index (χ0v) is 7.75. The quantitative estimate of drug-likeness (QED) is 0.720. The third kappa shape index (κ3) is 3.56. The summed E-state index contributed by atoms with van der Waals surface area (Å²) in [5.74, 6) is 0.0839. The van der Waals surface area contributed by atoms with E-state index in [9.17, 15) is 8.78 Å². The van der Waals surface area contributed by atoms with Gasteiger partial charge in [0.2, 0.25) is 0 Å². The standard InChI is InChI=1S/C9H17F2NO/c10-4-8-2-1-3-12(6-8)7-9(13)5-11/h8-9,13H,1-7H2. The molecule has 4 heteroatoms. The number of hydrogen-bond donors (Lipinski definition) is 1. The zero-order chi connectivity index (χ0) is 9.68. The number of likely N-dealkylation sites (tertiary alicyclic amines) is 1. The average Bonchev–Trinajstić information content (AvgIpc) is 2.18. The lowest BCUT2D eigenvalue weighted by molar-refractivity contribution is 0.0639. The SMILES string of the molecule is OC(CF)CN1CCCC(CF)C1. The fourth-order valence-corrected chi connectivity index (χ4v) is 1.79. The highest BCUT2D eigenvalue weighted by Crippen LogP contribution is 2.16. The molecule has 13 heavy (non-hydrogen) atoms. The van der Waals surface area contributed by atoms with E-state index in [4.69, 9.17) is 5.11 Å². The molecule has 0 radical (unpaired) electrons. The van der Waals surface area contributed by atoms with E-state index in [2.05, 4.69) is 0 Å². The summed E-state index contributed by atoms with van der Waals surface area (Å²) in [6.45, 7) is 0.840. The Morgan fingerprint density at radius 1 is 1.46 bits per heavy atom. The maximum Gasteiger partial charge on any atom is 0.117 e. The summed E-state index contributed by atoms with van der Waals surface area (Å²) >= 11 is 0. The third-order valence-electron chi connectivity index (χ3n) is 2.47. The summed E-state index contributed by atoms with van der Waals surface area (Å²) in [7, 11) is 0. The van der Waals surface area contributed by atoms with E-state index in [1.807, 2.05) is 4.90 Å². The third-order valence-corrected chi connectivity index (χ3v) is 2.47. The Morgan fingerprint density at radius 3 is 2.85 bits per heavy atom. The van der Waals surface area contributed by atoms with Crippen molar-refractivity contribution in [3.05, 3.63) is 0 Å². The van der Waals surface area contributed by atoms with Crippen LogP contribution >= 0.6 is 0 Å². The van der Waals surface area contributed by atoms with Crippen LogP contribution in [0.3, 0.4) is 0 Å². The molecule has 0 amide bonds. The van der Waals surface area contributed by atoms with Gasteiger partial charge in [-0.2, -0.15) is 0 Å². The largest absolute Gasteiger partial charge is 0.389 e. The van der Waals surface area contributed by atoms with Gasteiger partial charge in [-0.3, -0.25) is 4.39 Å². The minimum Gasteiger partial charge on any atom is -0.389 e. The summed E-state index contributed by atoms with van der Waals surface area (Å²) in [4.78, 5) is 1.94. The highest BCUT2D eigenvalue weighted by Gasteiger charge is 2.21. The number of nitrogens with zero attached hydrogens (tertiary/aromatic N) is 1. The van der Waals surface area contributed by atoms with Crippen LogP contribution in [0.5, 0.6) is 0 Å². The highest BCUT2D eigenvalue weighted by molar-refractivity contribution is 4.74. The first-order valence-corrected chi connectivity index (χ1v) is 4.78. The number of rotatable bonds is 4. The van der Waals surface area contributed by atoms with E-state index in [1.54, 1.807) is 0 Å². The van der Waals surface area contributed by atoms with Gasteiger partial charge in [-0.15, -0.1) is 0 Å². The van der Waals surface area contributed by atoms with Crippen LogP contribution < -0.4 is 0 Å². The van der Waals surface area contributed by atoms with E-state index in [-0.39, 0.29) is 12.6 Å². The van der Waals surface area contributed by atoms with Crippen LogP contribution in [0.1, 0.15) is 12.8 Å². The fraction of sp³-hybridized carbons (Fsp3) is 1.00. The summed E-state index contributed by atoms with van der Waals surface area (Å²) in [6, 6.07) is 0. The molecule has 78 valence electrons. The monoisotopic (exact) mass is 193 g/mol. The second-order valence-electron chi connectivity index (χ2n) is 3.73. The van der Waals surface area contributed by atoms with Crippen LogP contribution in [-0.2, 0) is 0 Å². The van der Waals surface area contributed by atoms with E-state index in [0.29, 0.717) is 13.1 Å². The molecule has 2 nitrogen and oxygen atoms in total. The van der Waals surface area contributed by atoms with E-state index >= 15 is 0 Å². The van der Waals surface area contributed by atoms with Crippen molar-refractivity contribution in [2.75, 3.05) is 33.0 Å². The first-order chi connectivity index (χ1) is 6.26. The molecule has 1 heterocycles. The Kier molecular flexibility index (Phi) is 4.59. The smallest absolute Gasteiger partial charge is 0.117 e. The molecule has 0 aromatic rings. The number of β-amino-alcohol motifs (C(OH)–C–C–N with tert-alkyl or cyclic N) is 1. The van der Waals surface area contributed by atoms with Crippen LogP contribution in [0.15, 0.2) is 0 Å². The fourth-order valence-electron chi connectivity index (χ4n) is 1.79. The molecular formula is C9H17F2NO. The molecule has 1 fully saturated rings. The van der Waals surface area contributed by atoms with E-state index in [1.165, 1.54) is 0 Å². The molecule has 0 aromatic heterocycles. The molecular weight excluding hydrogens is 176 g/mol. The second-order valence-corrected chi connectivity index (χ2v) is 3.73. The Morgan fingerprint density at radius 2 is 2.23 bits per heavy atom. The molecule has 1 aliphatic rings. The van der Waals surface area contributed by atoms with Gasteiger partial charge < -0.3 is 10.0 Å². The van der Waals surface area contributed by atoms with Crippen molar-refractivity contribution >= 4 is 0 Å². The highest BCUT2D eigenvalue weighted by atomic mass is 19.1. The molecule has 2 unspecified atom stereocenters. The van der Waals surface area contributed by atoms with Crippen molar-refractivity contribution < 1.29 is 13.9 Å². The summed E-state index contributed by atoms with van der Waals surface area (Å²) in [6.07, 6.45) is 0.963. The van der Waals surface area contributed by atoms with Crippen molar-refractivity contribution in [2.45, 2.75) is 18.9 Å². The molecule has 2 atom stereocenters. The molecule has 0 spiro atoms. The molecule has 1 saturated heterocycles. The van der Waals surface area contributed by atoms with Gasteiger partial charge in [0.05, 0.1) is 12.8 Å². The molecule has 1 N–H and O–H groups in total. The average molecular weight is 193 g/mol. The van der Waals surface area contributed by atoms with Gasteiger partial charge in [0, 0.05) is 19.0 Å². The summed E-state index contributed by atoms with van der Waals surface area (Å²) in [5.41, 5.74) is 0. The number of aliphatic hydroxyl groups is 1. The maximum absolute atomic E-state index is 12.3. The number of alkyl halides is 2. The normalized spacial score (nSPS) is 27.5. The van der Waals surface area contributed by atoms with Gasteiger partial charge in [0.1, 0.15) is 6.67 Å². The Bertz CT molecular complexity index is 144. The lowest BCUT2D eigenvalue weighted by Crippen LogP contribution is -2.41. The van der Waals surface area contributed by atoms with E-state index < -0.39 is 12.8 Å². The van der Waals surface area contributed by atoms with Gasteiger partial charge in [-0.05, 0) is 19.4 Å². The number of halogens is 2. The van der Waals surface area contributed by atoms with Crippen molar-refractivity contribution in [3.8, 4) is 0 Å². The minimum absolute atomic E-state index is 0.0839. The van der Waals surface area contributed by atoms with Crippen LogP contribution in [0.25, 0.3) is 0 Å². The number of piperidine rings is 1. The maximum atomic E-state index is 12.3. The molecule has 0 saturated carbocycles. The van der Waals surface area contributed by atoms with Crippen molar-refractivity contribution in [3.63, 3.8) is 0 Å². The second kappa shape index (κ2) is 5.50. The van der Waals surface area contributed by atoms with Gasteiger partial charge in [-0.25, -0.2) is 4.39 Å². The molecule has 0 aliphatic carbocycles. The first-order valence-electron chi connectivity index (χ1n) is 4.78. The molecule has 0 bridgehead atoms. The molecule has 0 aromatic carbocycles. The minimum atomic E-state index is -0.904. The van der Waals surface area contributed by atoms with Crippen LogP contribution in [-0.4, -0.2) is 49.1 Å². The van der Waals surface area contributed by atoms with Gasteiger partial charge in [0.25, 0.3) is 0 Å². The summed E-state index contributed by atoms with van der Waals surface area (Å²) in [5, 5.41) is 9.06. The number of aliphatic hydroxyl groups excluding tert-OH is 1. The van der Waals surface area contributed by atoms with Crippen LogP contribution in [0.2, 0.25) is 0 Å². The summed E-state index contributed by atoms with van der Waals surface area (Å²) < 4.78 is 24.3. The van der Waals surface area contributed by atoms with Crippen molar-refractivity contribution in [1.29, 1.82) is 0 Å². The lowest BCUT2D eigenvalue weighted by Gasteiger charge is -2.32. The van der Waals surface area contributed by atoms with Crippen LogP contribution in [0.4, 0.5) is 8.78 Å². The lowest BCUT2D eigenvalue weighted by atomic mass is 9.99. The van der Waals surface area contributed by atoms with Crippen LogP contribution in [0, 0.1) is 5.92 Å². The van der Waals surface area contributed by atoms with Gasteiger partial charge in [-0.1, -0.05) is 0 Å². The first kappa shape index (κ1) is 10.9. The van der Waals surface area contributed by atoms with Gasteiger partial charge >= 0.3 is 0 Å². The van der Waals surface area contributed by atoms with Gasteiger partial charge in [0.15, 0.2) is 0 Å². The predicted molar refractivity (Wildman–Crippen MR) is 47.1 cm³/mol. The van der Waals surface area contributed by atoms with Crippen molar-refractivity contribution in [1.82, 2.24) is 4.90 Å².